The van der Waals surface area contributed by atoms with Crippen LogP contribution in [0, 0.1) is 0 Å². The normalized spacial score (nSPS) is 16.4. The van der Waals surface area contributed by atoms with Gasteiger partial charge in [-0.25, -0.2) is 4.68 Å². The SMILES string of the molecule is CCc1ccc([C@H]2C=C(c3ccccc3)Nc3ncnn32)cc1. The van der Waals surface area contributed by atoms with Crippen molar-refractivity contribution in [2.24, 2.45) is 0 Å². The van der Waals surface area contributed by atoms with E-state index in [0.717, 1.165) is 23.6 Å². The number of nitrogens with one attached hydrogen (secondary N) is 1. The van der Waals surface area contributed by atoms with Gasteiger partial charge in [0.15, 0.2) is 0 Å². The van der Waals surface area contributed by atoms with Crippen LogP contribution in [0.5, 0.6) is 0 Å². The van der Waals surface area contributed by atoms with Crippen molar-refractivity contribution in [1.29, 1.82) is 0 Å². The lowest BCUT2D eigenvalue weighted by Crippen LogP contribution is -2.20. The van der Waals surface area contributed by atoms with Crippen LogP contribution in [-0.2, 0) is 6.42 Å². The minimum atomic E-state index is 0.0508. The molecule has 0 saturated carbocycles. The zero-order chi connectivity index (χ0) is 15.6. The number of hydrogen-bond acceptors (Lipinski definition) is 3. The second-order valence-electron chi connectivity index (χ2n) is 5.64. The fourth-order valence-corrected chi connectivity index (χ4v) is 2.91. The number of fused-ring (bicyclic) bond motifs is 1. The fraction of sp³-hybridized carbons (Fsp3) is 0.158. The third-order valence-corrected chi connectivity index (χ3v) is 4.22. The molecule has 2 aromatic carbocycles. The largest absolute Gasteiger partial charge is 0.324 e. The predicted molar refractivity (Wildman–Crippen MR) is 92.0 cm³/mol. The van der Waals surface area contributed by atoms with Gasteiger partial charge in [0.2, 0.25) is 5.95 Å². The average Bonchev–Trinajstić information content (AvgIpc) is 3.10. The third kappa shape index (κ3) is 2.52. The molecule has 0 spiro atoms. The molecular formula is C19H18N4. The van der Waals surface area contributed by atoms with Crippen LogP contribution in [0.3, 0.4) is 0 Å². The van der Waals surface area contributed by atoms with Crippen LogP contribution >= 0.6 is 0 Å². The maximum absolute atomic E-state index is 4.38. The molecule has 0 radical (unpaired) electrons. The van der Waals surface area contributed by atoms with Gasteiger partial charge in [0.05, 0.1) is 0 Å². The lowest BCUT2D eigenvalue weighted by atomic mass is 10.00. The van der Waals surface area contributed by atoms with E-state index < -0.39 is 0 Å². The molecule has 1 aliphatic rings. The summed E-state index contributed by atoms with van der Waals surface area (Å²) in [6.07, 6.45) is 4.85. The zero-order valence-electron chi connectivity index (χ0n) is 13.0. The van der Waals surface area contributed by atoms with Crippen molar-refractivity contribution in [2.45, 2.75) is 19.4 Å². The molecule has 0 bridgehead atoms. The topological polar surface area (TPSA) is 42.7 Å². The first-order valence-corrected chi connectivity index (χ1v) is 7.88. The van der Waals surface area contributed by atoms with Crippen molar-refractivity contribution in [3.05, 3.63) is 83.7 Å². The highest BCUT2D eigenvalue weighted by Crippen LogP contribution is 2.31. The Morgan fingerprint density at radius 2 is 1.83 bits per heavy atom. The van der Waals surface area contributed by atoms with Crippen molar-refractivity contribution in [1.82, 2.24) is 14.8 Å². The van der Waals surface area contributed by atoms with Gasteiger partial charge in [0.25, 0.3) is 0 Å². The van der Waals surface area contributed by atoms with Crippen LogP contribution in [0.25, 0.3) is 5.70 Å². The van der Waals surface area contributed by atoms with Crippen LogP contribution in [0.15, 0.2) is 67.0 Å². The van der Waals surface area contributed by atoms with Gasteiger partial charge < -0.3 is 5.32 Å². The number of allylic oxidation sites excluding steroid dienone is 1. The fourth-order valence-electron chi connectivity index (χ4n) is 2.91. The van der Waals surface area contributed by atoms with Gasteiger partial charge in [0, 0.05) is 5.70 Å². The minimum absolute atomic E-state index is 0.0508. The Balaban J connectivity index is 1.78. The van der Waals surface area contributed by atoms with Gasteiger partial charge in [0.1, 0.15) is 12.4 Å². The van der Waals surface area contributed by atoms with Crippen molar-refractivity contribution in [2.75, 3.05) is 5.32 Å². The van der Waals surface area contributed by atoms with E-state index in [4.69, 9.17) is 0 Å². The van der Waals surface area contributed by atoms with Gasteiger partial charge in [-0.15, -0.1) is 0 Å². The maximum Gasteiger partial charge on any atom is 0.226 e. The molecule has 2 heterocycles. The Morgan fingerprint density at radius 3 is 2.57 bits per heavy atom. The number of anilines is 1. The smallest absolute Gasteiger partial charge is 0.226 e. The number of benzene rings is 2. The molecule has 3 aromatic rings. The summed E-state index contributed by atoms with van der Waals surface area (Å²) in [5.41, 5.74) is 4.77. The molecule has 1 atom stereocenters. The summed E-state index contributed by atoms with van der Waals surface area (Å²) in [4.78, 5) is 4.34. The summed E-state index contributed by atoms with van der Waals surface area (Å²) in [5, 5.41) is 7.75. The summed E-state index contributed by atoms with van der Waals surface area (Å²) in [6.45, 7) is 2.17. The summed E-state index contributed by atoms with van der Waals surface area (Å²) in [6, 6.07) is 19.1. The monoisotopic (exact) mass is 302 g/mol. The molecule has 1 N–H and O–H groups in total. The first kappa shape index (κ1) is 13.8. The summed E-state index contributed by atoms with van der Waals surface area (Å²) < 4.78 is 1.92. The van der Waals surface area contributed by atoms with E-state index in [0.29, 0.717) is 0 Å². The summed E-state index contributed by atoms with van der Waals surface area (Å²) >= 11 is 0. The number of aryl methyl sites for hydroxylation is 1. The number of aromatic nitrogens is 3. The van der Waals surface area contributed by atoms with Gasteiger partial charge in [-0.1, -0.05) is 61.5 Å². The van der Waals surface area contributed by atoms with Gasteiger partial charge in [-0.3, -0.25) is 0 Å². The highest BCUT2D eigenvalue weighted by Gasteiger charge is 2.23. The third-order valence-electron chi connectivity index (χ3n) is 4.22. The summed E-state index contributed by atoms with van der Waals surface area (Å²) in [7, 11) is 0. The molecule has 0 aliphatic carbocycles. The first-order valence-electron chi connectivity index (χ1n) is 7.88. The Labute approximate surface area is 135 Å². The highest BCUT2D eigenvalue weighted by atomic mass is 15.4. The Morgan fingerprint density at radius 1 is 1.04 bits per heavy atom. The number of nitrogens with zero attached hydrogens (tertiary/aromatic N) is 3. The van der Waals surface area contributed by atoms with Gasteiger partial charge in [-0.05, 0) is 29.2 Å². The van der Waals surface area contributed by atoms with Crippen LogP contribution in [-0.4, -0.2) is 14.8 Å². The van der Waals surface area contributed by atoms with Gasteiger partial charge >= 0.3 is 0 Å². The molecule has 4 rings (SSSR count). The molecule has 0 unspecified atom stereocenters. The molecule has 4 heteroatoms. The Bertz CT molecular complexity index is 831. The molecule has 23 heavy (non-hydrogen) atoms. The van der Waals surface area contributed by atoms with E-state index in [1.165, 1.54) is 11.1 Å². The van der Waals surface area contributed by atoms with Gasteiger partial charge in [-0.2, -0.15) is 10.1 Å². The number of hydrogen-bond donors (Lipinski definition) is 1. The molecule has 114 valence electrons. The maximum atomic E-state index is 4.38. The van der Waals surface area contributed by atoms with Crippen molar-refractivity contribution in [3.8, 4) is 0 Å². The molecule has 0 fully saturated rings. The Kier molecular flexibility index (Phi) is 3.42. The average molecular weight is 302 g/mol. The van der Waals surface area contributed by atoms with E-state index in [1.807, 2.05) is 22.9 Å². The van der Waals surface area contributed by atoms with E-state index in [9.17, 15) is 0 Å². The quantitative estimate of drug-likeness (QED) is 0.798. The minimum Gasteiger partial charge on any atom is -0.324 e. The van der Waals surface area contributed by atoms with Crippen LogP contribution in [0.1, 0.15) is 29.7 Å². The van der Waals surface area contributed by atoms with E-state index in [2.05, 4.69) is 64.8 Å². The second-order valence-corrected chi connectivity index (χ2v) is 5.64. The van der Waals surface area contributed by atoms with Crippen molar-refractivity contribution in [3.63, 3.8) is 0 Å². The predicted octanol–water partition coefficient (Wildman–Crippen LogP) is 3.90. The van der Waals surface area contributed by atoms with Crippen LogP contribution in [0.2, 0.25) is 0 Å². The Hall–Kier alpha value is -2.88. The molecule has 0 amide bonds. The lowest BCUT2D eigenvalue weighted by molar-refractivity contribution is 0.611. The molecule has 1 aromatic heterocycles. The second kappa shape index (κ2) is 5.72. The van der Waals surface area contributed by atoms with Crippen molar-refractivity contribution < 1.29 is 0 Å². The number of rotatable bonds is 3. The van der Waals surface area contributed by atoms with E-state index in [1.54, 1.807) is 6.33 Å². The highest BCUT2D eigenvalue weighted by molar-refractivity contribution is 5.76. The zero-order valence-corrected chi connectivity index (χ0v) is 13.0. The van der Waals surface area contributed by atoms with Crippen molar-refractivity contribution >= 4 is 11.6 Å². The first-order chi connectivity index (χ1) is 11.3. The molecule has 1 aliphatic heterocycles. The van der Waals surface area contributed by atoms with Crippen LogP contribution < -0.4 is 5.32 Å². The van der Waals surface area contributed by atoms with E-state index >= 15 is 0 Å². The lowest BCUT2D eigenvalue weighted by Gasteiger charge is -2.24. The molecule has 4 nitrogen and oxygen atoms in total. The molecule has 0 saturated heterocycles. The summed E-state index contributed by atoms with van der Waals surface area (Å²) in [5.74, 6) is 0.774. The standard InChI is InChI=1S/C19H18N4/c1-2-14-8-10-16(11-9-14)18-12-17(15-6-4-3-5-7-15)22-19-20-13-21-23(18)19/h3-13,18H,2H2,1H3,(H,20,21,22)/t18-/m1/s1. The molecular weight excluding hydrogens is 284 g/mol. The van der Waals surface area contributed by atoms with Crippen LogP contribution in [0.4, 0.5) is 5.95 Å². The van der Waals surface area contributed by atoms with E-state index in [-0.39, 0.29) is 6.04 Å².